The molecule has 4 aromatic rings. The average Bonchev–Trinajstić information content (AvgIpc) is 3.08. The third-order valence-corrected chi connectivity index (χ3v) is 4.08. The molecule has 0 aliphatic rings. The minimum absolute atomic E-state index is 0. The normalized spacial score (nSPS) is 10.8. The Balaban J connectivity index is 0.00000256. The van der Waals surface area contributed by atoms with Crippen LogP contribution >= 0.6 is 0 Å². The molecule has 10 heteroatoms. The molecule has 0 bridgehead atoms. The van der Waals surface area contributed by atoms with Crippen LogP contribution in [0, 0.1) is 10.1 Å². The van der Waals surface area contributed by atoms with Gasteiger partial charge in [0.05, 0.1) is 10.5 Å². The lowest BCUT2D eigenvalue weighted by Gasteiger charge is -2.08. The lowest BCUT2D eigenvalue weighted by molar-refractivity contribution is -0.384. The van der Waals surface area contributed by atoms with Crippen molar-refractivity contribution in [1.29, 1.82) is 0 Å². The summed E-state index contributed by atoms with van der Waals surface area (Å²) in [5.41, 5.74) is 0.149. The molecule has 2 aromatic carbocycles. The second-order valence-electron chi connectivity index (χ2n) is 5.81. The molecule has 0 saturated carbocycles. The van der Waals surface area contributed by atoms with E-state index in [4.69, 9.17) is 9.15 Å². The van der Waals surface area contributed by atoms with Crippen LogP contribution in [-0.4, -0.2) is 22.5 Å². The number of aromatic nitrogens is 1. The number of nitro benzene ring substituents is 1. The van der Waals surface area contributed by atoms with E-state index in [0.717, 1.165) is 0 Å². The van der Waals surface area contributed by atoms with Crippen molar-refractivity contribution in [3.8, 4) is 11.5 Å². The molecule has 0 aliphatic heterocycles. The Morgan fingerprint density at radius 1 is 1.13 bits per heavy atom. The highest BCUT2D eigenvalue weighted by Crippen LogP contribution is 2.37. The van der Waals surface area contributed by atoms with Gasteiger partial charge in [-0.25, -0.2) is 4.79 Å². The number of esters is 1. The molecule has 0 amide bonds. The molecule has 8 nitrogen and oxygen atoms in total. The number of pyridine rings is 1. The van der Waals surface area contributed by atoms with Crippen LogP contribution < -0.4 is 9.47 Å². The van der Waals surface area contributed by atoms with Gasteiger partial charge < -0.3 is 13.9 Å². The fraction of sp³-hybridized carbons (Fsp3) is 0.100. The fourth-order valence-corrected chi connectivity index (χ4v) is 2.86. The Morgan fingerprint density at radius 3 is 2.53 bits per heavy atom. The zero-order chi connectivity index (χ0) is 20.5. The van der Waals surface area contributed by atoms with E-state index < -0.39 is 17.5 Å². The first-order valence-electron chi connectivity index (χ1n) is 8.14. The highest BCUT2D eigenvalue weighted by molar-refractivity contribution is 6.16. The monoisotopic (exact) mass is 416 g/mol. The molecular formula is C20H14F2N2O6. The first-order valence-corrected chi connectivity index (χ1v) is 8.14. The van der Waals surface area contributed by atoms with Crippen molar-refractivity contribution in [3.63, 3.8) is 0 Å². The number of hydrogen-bond acceptors (Lipinski definition) is 7. The van der Waals surface area contributed by atoms with Crippen molar-refractivity contribution in [3.05, 3.63) is 70.5 Å². The molecule has 0 spiro atoms. The van der Waals surface area contributed by atoms with Gasteiger partial charge in [-0.3, -0.25) is 15.1 Å². The summed E-state index contributed by atoms with van der Waals surface area (Å²) in [6.07, 6.45) is 2.88. The maximum Gasteiger partial charge on any atom is 0.387 e. The molecule has 2 aromatic heterocycles. The number of nitro groups is 1. The Bertz CT molecular complexity index is 1240. The fourth-order valence-electron chi connectivity index (χ4n) is 2.86. The standard InChI is InChI=1S/C19H10F2N2O6.CH4/c20-19(21)29-15-6-5-12(16-13-9-22-8-7-14(13)28-17(15)16)18(24)27-11-3-1-10(2-4-11)23(25)26;/h1-9,19H;1H4. The van der Waals surface area contributed by atoms with Crippen molar-refractivity contribution in [2.45, 2.75) is 14.0 Å². The summed E-state index contributed by atoms with van der Waals surface area (Å²) in [6, 6.07) is 8.90. The van der Waals surface area contributed by atoms with Crippen LogP contribution in [0.1, 0.15) is 17.8 Å². The maximum atomic E-state index is 12.7. The van der Waals surface area contributed by atoms with Crippen molar-refractivity contribution in [2.24, 2.45) is 0 Å². The molecule has 154 valence electrons. The van der Waals surface area contributed by atoms with Crippen molar-refractivity contribution < 1.29 is 32.4 Å². The van der Waals surface area contributed by atoms with Gasteiger partial charge in [-0.05, 0) is 30.3 Å². The molecule has 30 heavy (non-hydrogen) atoms. The number of fused-ring (bicyclic) bond motifs is 3. The summed E-state index contributed by atoms with van der Waals surface area (Å²) in [6.45, 7) is -3.08. The Kier molecular flexibility index (Phi) is 5.58. The van der Waals surface area contributed by atoms with Crippen LogP contribution in [0.3, 0.4) is 0 Å². The van der Waals surface area contributed by atoms with E-state index in [2.05, 4.69) is 9.72 Å². The van der Waals surface area contributed by atoms with Gasteiger partial charge in [-0.1, -0.05) is 7.43 Å². The van der Waals surface area contributed by atoms with Crippen LogP contribution in [0.4, 0.5) is 14.5 Å². The van der Waals surface area contributed by atoms with Gasteiger partial charge >= 0.3 is 12.6 Å². The number of benzene rings is 2. The van der Waals surface area contributed by atoms with Gasteiger partial charge in [0.15, 0.2) is 11.3 Å². The smallest absolute Gasteiger partial charge is 0.387 e. The number of rotatable bonds is 5. The molecule has 0 atom stereocenters. The van der Waals surface area contributed by atoms with Crippen molar-refractivity contribution in [1.82, 2.24) is 4.98 Å². The van der Waals surface area contributed by atoms with Crippen molar-refractivity contribution in [2.75, 3.05) is 0 Å². The summed E-state index contributed by atoms with van der Waals surface area (Å²) in [4.78, 5) is 26.8. The summed E-state index contributed by atoms with van der Waals surface area (Å²) in [5, 5.41) is 11.3. The van der Waals surface area contributed by atoms with Gasteiger partial charge in [0, 0.05) is 35.3 Å². The predicted octanol–water partition coefficient (Wildman–Crippen LogP) is 5.35. The lowest BCUT2D eigenvalue weighted by atomic mass is 10.1. The van der Waals surface area contributed by atoms with E-state index in [1.807, 2.05) is 0 Å². The zero-order valence-corrected chi connectivity index (χ0v) is 14.4. The first-order chi connectivity index (χ1) is 13.9. The van der Waals surface area contributed by atoms with Crippen molar-refractivity contribution >= 4 is 33.6 Å². The predicted molar refractivity (Wildman–Crippen MR) is 103 cm³/mol. The lowest BCUT2D eigenvalue weighted by Crippen LogP contribution is -2.10. The number of ether oxygens (including phenoxy) is 2. The summed E-state index contributed by atoms with van der Waals surface area (Å²) >= 11 is 0. The van der Waals surface area contributed by atoms with Crippen LogP contribution in [-0.2, 0) is 0 Å². The second-order valence-corrected chi connectivity index (χ2v) is 5.81. The van der Waals surface area contributed by atoms with E-state index >= 15 is 0 Å². The van der Waals surface area contributed by atoms with E-state index in [9.17, 15) is 23.7 Å². The average molecular weight is 416 g/mol. The number of furan rings is 1. The maximum absolute atomic E-state index is 12.7. The van der Waals surface area contributed by atoms with E-state index in [0.29, 0.717) is 11.0 Å². The number of carbonyl (C=O) groups is 1. The van der Waals surface area contributed by atoms with Crippen LogP contribution in [0.5, 0.6) is 11.5 Å². The Hall–Kier alpha value is -4.08. The van der Waals surface area contributed by atoms with Gasteiger partial charge in [-0.15, -0.1) is 0 Å². The molecule has 2 heterocycles. The highest BCUT2D eigenvalue weighted by Gasteiger charge is 2.23. The molecule has 0 saturated heterocycles. The Morgan fingerprint density at radius 2 is 1.87 bits per heavy atom. The van der Waals surface area contributed by atoms with Crippen LogP contribution in [0.25, 0.3) is 21.9 Å². The third-order valence-electron chi connectivity index (χ3n) is 4.08. The molecule has 0 N–H and O–H groups in total. The minimum atomic E-state index is -3.08. The SMILES string of the molecule is C.O=C(Oc1ccc([N+](=O)[O-])cc1)c1ccc(OC(F)F)c2oc3ccncc3c12. The number of halogens is 2. The number of nitrogens with zero attached hydrogens (tertiary/aromatic N) is 2. The summed E-state index contributed by atoms with van der Waals surface area (Å²) < 4.78 is 40.8. The number of non-ortho nitro benzene ring substituents is 1. The third kappa shape index (κ3) is 3.75. The van der Waals surface area contributed by atoms with Gasteiger partial charge in [0.2, 0.25) is 0 Å². The molecule has 4 rings (SSSR count). The Labute approximate surface area is 167 Å². The summed E-state index contributed by atoms with van der Waals surface area (Å²) in [7, 11) is 0. The zero-order valence-electron chi connectivity index (χ0n) is 14.4. The van der Waals surface area contributed by atoms with Gasteiger partial charge in [-0.2, -0.15) is 8.78 Å². The topological polar surface area (TPSA) is 105 Å². The number of carbonyl (C=O) groups excluding carboxylic acids is 1. The summed E-state index contributed by atoms with van der Waals surface area (Å²) in [5.74, 6) is -0.968. The molecular weight excluding hydrogens is 402 g/mol. The van der Waals surface area contributed by atoms with Gasteiger partial charge in [0.1, 0.15) is 11.3 Å². The highest BCUT2D eigenvalue weighted by atomic mass is 19.3. The largest absolute Gasteiger partial charge is 0.452 e. The van der Waals surface area contributed by atoms with Crippen LogP contribution in [0.2, 0.25) is 0 Å². The minimum Gasteiger partial charge on any atom is -0.452 e. The number of hydrogen-bond donors (Lipinski definition) is 0. The molecule has 0 radical (unpaired) electrons. The number of alkyl halides is 2. The van der Waals surface area contributed by atoms with E-state index in [1.54, 1.807) is 0 Å². The first kappa shape index (κ1) is 20.6. The van der Waals surface area contributed by atoms with E-state index in [-0.39, 0.29) is 41.1 Å². The van der Waals surface area contributed by atoms with E-state index in [1.165, 1.54) is 54.9 Å². The molecule has 0 fully saturated rings. The molecule has 0 unspecified atom stereocenters. The van der Waals surface area contributed by atoms with Gasteiger partial charge in [0.25, 0.3) is 5.69 Å². The quantitative estimate of drug-likeness (QED) is 0.187. The van der Waals surface area contributed by atoms with Crippen LogP contribution in [0.15, 0.2) is 59.3 Å². The molecule has 0 aliphatic carbocycles. The second kappa shape index (κ2) is 8.11.